The number of allylic oxidation sites excluding steroid dienone is 2. The maximum Gasteiger partial charge on any atom is -0.00879 e. The van der Waals surface area contributed by atoms with Gasteiger partial charge in [0.1, 0.15) is 0 Å². The van der Waals surface area contributed by atoms with Crippen LogP contribution in [0.2, 0.25) is 0 Å². The van der Waals surface area contributed by atoms with Gasteiger partial charge in [-0.05, 0) is 55.3 Å². The zero-order valence-electron chi connectivity index (χ0n) is 10.8. The SMILES string of the molecule is CC(C)[C@@H]1CCC2=CCC[C@@H](C)[C@]2(C)C1. The standard InChI is InChI=1S/C15H26/c1-11(2)13-8-9-14-7-5-6-12(3)15(14,4)10-13/h7,11-13H,5-6,8-10H2,1-4H3/t12-,13-,15+/m1/s1. The summed E-state index contributed by atoms with van der Waals surface area (Å²) in [6.07, 6.45) is 9.55. The molecule has 2 aliphatic carbocycles. The predicted molar refractivity (Wildman–Crippen MR) is 66.8 cm³/mol. The molecule has 0 bridgehead atoms. The highest BCUT2D eigenvalue weighted by Gasteiger charge is 2.41. The van der Waals surface area contributed by atoms with E-state index in [1.165, 1.54) is 32.1 Å². The minimum Gasteiger partial charge on any atom is -0.0848 e. The Labute approximate surface area is 95.1 Å². The number of fused-ring (bicyclic) bond motifs is 1. The van der Waals surface area contributed by atoms with Crippen molar-refractivity contribution in [3.8, 4) is 0 Å². The van der Waals surface area contributed by atoms with E-state index in [4.69, 9.17) is 0 Å². The fourth-order valence-corrected chi connectivity index (χ4v) is 3.65. The Bertz CT molecular complexity index is 261. The normalized spacial score (nSPS) is 41.3. The second kappa shape index (κ2) is 3.96. The van der Waals surface area contributed by atoms with Crippen LogP contribution >= 0.6 is 0 Å². The minimum absolute atomic E-state index is 0.547. The van der Waals surface area contributed by atoms with Crippen molar-refractivity contribution in [2.24, 2.45) is 23.2 Å². The topological polar surface area (TPSA) is 0 Å². The zero-order valence-corrected chi connectivity index (χ0v) is 10.8. The summed E-state index contributed by atoms with van der Waals surface area (Å²) in [5.41, 5.74) is 2.34. The Kier molecular flexibility index (Phi) is 2.96. The monoisotopic (exact) mass is 206 g/mol. The molecule has 0 nitrogen and oxygen atoms in total. The molecular weight excluding hydrogens is 180 g/mol. The van der Waals surface area contributed by atoms with Crippen LogP contribution in [0.1, 0.15) is 59.8 Å². The quantitative estimate of drug-likeness (QED) is 0.540. The Hall–Kier alpha value is -0.260. The Morgan fingerprint density at radius 1 is 1.33 bits per heavy atom. The van der Waals surface area contributed by atoms with Crippen LogP contribution in [0.5, 0.6) is 0 Å². The summed E-state index contributed by atoms with van der Waals surface area (Å²) in [6.45, 7) is 9.79. The summed E-state index contributed by atoms with van der Waals surface area (Å²) in [5.74, 6) is 2.74. The lowest BCUT2D eigenvalue weighted by molar-refractivity contribution is 0.116. The molecule has 2 aliphatic rings. The fraction of sp³-hybridized carbons (Fsp3) is 0.867. The van der Waals surface area contributed by atoms with E-state index in [1.54, 1.807) is 5.57 Å². The van der Waals surface area contributed by atoms with Crippen LogP contribution in [0, 0.1) is 23.2 Å². The maximum absolute atomic E-state index is 2.55. The maximum atomic E-state index is 2.55. The van der Waals surface area contributed by atoms with Crippen molar-refractivity contribution in [3.63, 3.8) is 0 Å². The lowest BCUT2D eigenvalue weighted by Gasteiger charge is -2.48. The molecule has 1 saturated carbocycles. The molecule has 0 heteroatoms. The first-order valence-electron chi connectivity index (χ1n) is 6.73. The van der Waals surface area contributed by atoms with Gasteiger partial charge in [-0.3, -0.25) is 0 Å². The van der Waals surface area contributed by atoms with Gasteiger partial charge in [0.15, 0.2) is 0 Å². The van der Waals surface area contributed by atoms with Gasteiger partial charge in [0, 0.05) is 0 Å². The smallest absolute Gasteiger partial charge is 0.00879 e. The molecule has 0 N–H and O–H groups in total. The Morgan fingerprint density at radius 3 is 2.73 bits per heavy atom. The van der Waals surface area contributed by atoms with E-state index < -0.39 is 0 Å². The van der Waals surface area contributed by atoms with Crippen molar-refractivity contribution >= 4 is 0 Å². The molecule has 0 spiro atoms. The zero-order chi connectivity index (χ0) is 11.1. The molecule has 3 atom stereocenters. The Morgan fingerprint density at radius 2 is 2.07 bits per heavy atom. The third kappa shape index (κ3) is 1.88. The van der Waals surface area contributed by atoms with Crippen LogP contribution in [0.25, 0.3) is 0 Å². The van der Waals surface area contributed by atoms with E-state index >= 15 is 0 Å². The molecular formula is C15H26. The number of hydrogen-bond acceptors (Lipinski definition) is 0. The van der Waals surface area contributed by atoms with E-state index in [2.05, 4.69) is 33.8 Å². The van der Waals surface area contributed by atoms with E-state index in [9.17, 15) is 0 Å². The molecule has 2 rings (SSSR count). The van der Waals surface area contributed by atoms with Crippen LogP contribution in [-0.2, 0) is 0 Å². The molecule has 0 aromatic rings. The molecule has 0 aromatic heterocycles. The van der Waals surface area contributed by atoms with Crippen LogP contribution in [0.4, 0.5) is 0 Å². The molecule has 0 unspecified atom stereocenters. The second-order valence-electron chi connectivity index (χ2n) is 6.37. The first-order valence-corrected chi connectivity index (χ1v) is 6.73. The van der Waals surface area contributed by atoms with Gasteiger partial charge >= 0.3 is 0 Å². The van der Waals surface area contributed by atoms with Crippen molar-refractivity contribution in [1.82, 2.24) is 0 Å². The highest BCUT2D eigenvalue weighted by atomic mass is 14.5. The van der Waals surface area contributed by atoms with E-state index in [0.29, 0.717) is 5.41 Å². The number of rotatable bonds is 1. The first-order chi connectivity index (χ1) is 7.04. The lowest BCUT2D eigenvalue weighted by atomic mass is 9.57. The average Bonchev–Trinajstić information content (AvgIpc) is 2.19. The summed E-state index contributed by atoms with van der Waals surface area (Å²) >= 11 is 0. The van der Waals surface area contributed by atoms with E-state index in [1.807, 2.05) is 0 Å². The van der Waals surface area contributed by atoms with Crippen molar-refractivity contribution in [1.29, 1.82) is 0 Å². The third-order valence-corrected chi connectivity index (χ3v) is 5.23. The van der Waals surface area contributed by atoms with Crippen LogP contribution in [0.15, 0.2) is 11.6 Å². The van der Waals surface area contributed by atoms with Gasteiger partial charge in [0.05, 0.1) is 0 Å². The summed E-state index contributed by atoms with van der Waals surface area (Å²) in [6, 6.07) is 0. The van der Waals surface area contributed by atoms with Crippen LogP contribution in [-0.4, -0.2) is 0 Å². The van der Waals surface area contributed by atoms with E-state index in [-0.39, 0.29) is 0 Å². The summed E-state index contributed by atoms with van der Waals surface area (Å²) in [4.78, 5) is 0. The Balaban J connectivity index is 2.20. The molecule has 86 valence electrons. The van der Waals surface area contributed by atoms with Crippen molar-refractivity contribution in [2.75, 3.05) is 0 Å². The summed E-state index contributed by atoms with van der Waals surface area (Å²) in [5, 5.41) is 0. The molecule has 0 heterocycles. The van der Waals surface area contributed by atoms with Gasteiger partial charge < -0.3 is 0 Å². The molecule has 1 fully saturated rings. The van der Waals surface area contributed by atoms with Gasteiger partial charge in [-0.15, -0.1) is 0 Å². The fourth-order valence-electron chi connectivity index (χ4n) is 3.65. The lowest BCUT2D eigenvalue weighted by Crippen LogP contribution is -2.37. The summed E-state index contributed by atoms with van der Waals surface area (Å²) < 4.78 is 0. The summed E-state index contributed by atoms with van der Waals surface area (Å²) in [7, 11) is 0. The van der Waals surface area contributed by atoms with Crippen molar-refractivity contribution < 1.29 is 0 Å². The second-order valence-corrected chi connectivity index (χ2v) is 6.37. The first kappa shape index (κ1) is 11.2. The predicted octanol–water partition coefficient (Wildman–Crippen LogP) is 4.81. The van der Waals surface area contributed by atoms with E-state index in [0.717, 1.165) is 17.8 Å². The molecule has 0 aromatic carbocycles. The number of hydrogen-bond donors (Lipinski definition) is 0. The van der Waals surface area contributed by atoms with Crippen molar-refractivity contribution in [2.45, 2.75) is 59.8 Å². The average molecular weight is 206 g/mol. The van der Waals surface area contributed by atoms with Gasteiger partial charge in [-0.1, -0.05) is 39.3 Å². The molecule has 0 radical (unpaired) electrons. The van der Waals surface area contributed by atoms with Crippen LogP contribution < -0.4 is 0 Å². The van der Waals surface area contributed by atoms with Crippen molar-refractivity contribution in [3.05, 3.63) is 11.6 Å². The van der Waals surface area contributed by atoms with Gasteiger partial charge in [-0.25, -0.2) is 0 Å². The highest BCUT2D eigenvalue weighted by molar-refractivity contribution is 5.21. The molecule has 0 aliphatic heterocycles. The highest BCUT2D eigenvalue weighted by Crippen LogP contribution is 2.53. The molecule has 0 saturated heterocycles. The molecule has 0 amide bonds. The third-order valence-electron chi connectivity index (χ3n) is 5.23. The largest absolute Gasteiger partial charge is 0.0848 e. The van der Waals surface area contributed by atoms with Gasteiger partial charge in [0.2, 0.25) is 0 Å². The minimum atomic E-state index is 0.547. The van der Waals surface area contributed by atoms with Crippen LogP contribution in [0.3, 0.4) is 0 Å². The molecule has 15 heavy (non-hydrogen) atoms. The van der Waals surface area contributed by atoms with Gasteiger partial charge in [0.25, 0.3) is 0 Å². The van der Waals surface area contributed by atoms with Gasteiger partial charge in [-0.2, -0.15) is 0 Å².